The van der Waals surface area contributed by atoms with Crippen LogP contribution in [-0.4, -0.2) is 24.7 Å². The first-order valence-corrected chi connectivity index (χ1v) is 6.42. The molecule has 0 aliphatic carbocycles. The minimum atomic E-state index is -4.35. The van der Waals surface area contributed by atoms with Gasteiger partial charge in [0.2, 0.25) is 5.88 Å². The number of hydrogen-bond acceptors (Lipinski definition) is 3. The monoisotopic (exact) mass is 310 g/mol. The molecule has 0 atom stereocenters. The van der Waals surface area contributed by atoms with Crippen LogP contribution in [-0.2, 0) is 6.18 Å². The van der Waals surface area contributed by atoms with Crippen LogP contribution in [0, 0.1) is 5.92 Å². The summed E-state index contributed by atoms with van der Waals surface area (Å²) in [6.45, 7) is 2.56. The predicted molar refractivity (Wildman–Crippen MR) is 72.2 cm³/mol. The Morgan fingerprint density at radius 3 is 2.50 bits per heavy atom. The van der Waals surface area contributed by atoms with Crippen molar-refractivity contribution in [3.63, 3.8) is 0 Å². The van der Waals surface area contributed by atoms with Crippen molar-refractivity contribution in [1.29, 1.82) is 0 Å². The van der Waals surface area contributed by atoms with Gasteiger partial charge in [-0.1, -0.05) is 0 Å². The van der Waals surface area contributed by atoms with Crippen molar-refractivity contribution < 1.29 is 17.9 Å². The van der Waals surface area contributed by atoms with Crippen LogP contribution in [0.3, 0.4) is 0 Å². The van der Waals surface area contributed by atoms with Crippen LogP contribution in [0.15, 0.2) is 18.3 Å². The number of piperidine rings is 1. The second kappa shape index (κ2) is 7.69. The van der Waals surface area contributed by atoms with Gasteiger partial charge < -0.3 is 10.1 Å². The maximum Gasteiger partial charge on any atom is 0.417 e. The summed E-state index contributed by atoms with van der Waals surface area (Å²) in [5.41, 5.74) is -0.752. The average molecular weight is 311 g/mol. The summed E-state index contributed by atoms with van der Waals surface area (Å²) in [6, 6.07) is 2.26. The lowest BCUT2D eigenvalue weighted by Gasteiger charge is -2.22. The Kier molecular flexibility index (Phi) is 6.55. The zero-order valence-corrected chi connectivity index (χ0v) is 11.8. The Morgan fingerprint density at radius 2 is 1.95 bits per heavy atom. The van der Waals surface area contributed by atoms with Gasteiger partial charge in [0.05, 0.1) is 12.2 Å². The van der Waals surface area contributed by atoms with Crippen molar-refractivity contribution >= 4 is 12.4 Å². The van der Waals surface area contributed by atoms with Crippen molar-refractivity contribution in [2.24, 2.45) is 5.92 Å². The molecule has 0 unspecified atom stereocenters. The van der Waals surface area contributed by atoms with Crippen molar-refractivity contribution in [2.45, 2.75) is 25.4 Å². The summed E-state index contributed by atoms with van der Waals surface area (Å²) in [5, 5.41) is 3.28. The Labute approximate surface area is 122 Å². The van der Waals surface area contributed by atoms with Gasteiger partial charge in [0.25, 0.3) is 0 Å². The maximum absolute atomic E-state index is 12.3. The number of pyridine rings is 1. The minimum Gasteiger partial charge on any atom is -0.478 e. The molecule has 0 spiro atoms. The van der Waals surface area contributed by atoms with Gasteiger partial charge in [-0.25, -0.2) is 4.98 Å². The van der Waals surface area contributed by atoms with Crippen LogP contribution in [0.1, 0.15) is 24.8 Å². The van der Waals surface area contributed by atoms with E-state index in [9.17, 15) is 13.2 Å². The Morgan fingerprint density at radius 1 is 1.25 bits per heavy atom. The molecule has 1 aliphatic heterocycles. The summed E-state index contributed by atoms with van der Waals surface area (Å²) in [7, 11) is 0. The van der Waals surface area contributed by atoms with E-state index in [2.05, 4.69) is 10.3 Å². The molecule has 1 aliphatic rings. The topological polar surface area (TPSA) is 34.1 Å². The predicted octanol–water partition coefficient (Wildman–Crippen LogP) is 3.29. The highest BCUT2D eigenvalue weighted by Crippen LogP contribution is 2.29. The third-order valence-electron chi connectivity index (χ3n) is 3.30. The number of ether oxygens (including phenoxy) is 1. The fraction of sp³-hybridized carbons (Fsp3) is 0.615. The summed E-state index contributed by atoms with van der Waals surface area (Å²) >= 11 is 0. The number of nitrogens with zero attached hydrogens (tertiary/aromatic N) is 1. The maximum atomic E-state index is 12.3. The lowest BCUT2D eigenvalue weighted by atomic mass is 9.95. The molecular weight excluding hydrogens is 293 g/mol. The first kappa shape index (κ1) is 17.0. The van der Waals surface area contributed by atoms with E-state index in [1.807, 2.05) is 0 Å². The molecule has 1 fully saturated rings. The molecule has 1 aromatic rings. The van der Waals surface area contributed by atoms with Crippen molar-refractivity contribution in [3.8, 4) is 5.88 Å². The fourth-order valence-electron chi connectivity index (χ4n) is 2.13. The number of aromatic nitrogens is 1. The fourth-order valence-corrected chi connectivity index (χ4v) is 2.13. The van der Waals surface area contributed by atoms with E-state index < -0.39 is 11.7 Å². The quantitative estimate of drug-likeness (QED) is 0.926. The number of hydrogen-bond donors (Lipinski definition) is 1. The highest BCUT2D eigenvalue weighted by Gasteiger charge is 2.30. The summed E-state index contributed by atoms with van der Waals surface area (Å²) in [6.07, 6.45) is -0.363. The van der Waals surface area contributed by atoms with Gasteiger partial charge in [-0.05, 0) is 44.3 Å². The van der Waals surface area contributed by atoms with Crippen LogP contribution in [0.2, 0.25) is 0 Å². The molecule has 1 aromatic heterocycles. The summed E-state index contributed by atoms with van der Waals surface area (Å²) in [4.78, 5) is 3.67. The van der Waals surface area contributed by atoms with E-state index in [0.717, 1.165) is 44.6 Å². The zero-order chi connectivity index (χ0) is 13.7. The van der Waals surface area contributed by atoms with Crippen molar-refractivity contribution in [1.82, 2.24) is 10.3 Å². The van der Waals surface area contributed by atoms with Gasteiger partial charge >= 0.3 is 6.18 Å². The van der Waals surface area contributed by atoms with Gasteiger partial charge in [-0.15, -0.1) is 12.4 Å². The molecule has 1 saturated heterocycles. The molecule has 0 aromatic carbocycles. The van der Waals surface area contributed by atoms with Gasteiger partial charge in [0, 0.05) is 12.3 Å². The number of nitrogens with one attached hydrogen (secondary N) is 1. The third kappa shape index (κ3) is 5.17. The molecule has 0 bridgehead atoms. The molecule has 114 valence electrons. The third-order valence-corrected chi connectivity index (χ3v) is 3.30. The molecule has 0 amide bonds. The normalized spacial score (nSPS) is 16.6. The average Bonchev–Trinajstić information content (AvgIpc) is 2.39. The van der Waals surface area contributed by atoms with E-state index in [0.29, 0.717) is 12.5 Å². The van der Waals surface area contributed by atoms with Crippen molar-refractivity contribution in [3.05, 3.63) is 23.9 Å². The Balaban J connectivity index is 0.00000200. The number of alkyl halides is 3. The highest BCUT2D eigenvalue weighted by molar-refractivity contribution is 5.85. The zero-order valence-electron chi connectivity index (χ0n) is 10.9. The second-order valence-electron chi connectivity index (χ2n) is 4.71. The summed E-state index contributed by atoms with van der Waals surface area (Å²) < 4.78 is 42.4. The molecule has 7 heteroatoms. The first-order chi connectivity index (χ1) is 9.05. The number of halogens is 4. The van der Waals surface area contributed by atoms with Crippen molar-refractivity contribution in [2.75, 3.05) is 19.7 Å². The lowest BCUT2D eigenvalue weighted by Crippen LogP contribution is -2.28. The lowest BCUT2D eigenvalue weighted by molar-refractivity contribution is -0.137. The van der Waals surface area contributed by atoms with E-state index in [1.54, 1.807) is 0 Å². The SMILES string of the molecule is Cl.FC(F)(F)c1ccc(OCCC2CCNCC2)nc1. The van der Waals surface area contributed by atoms with E-state index in [4.69, 9.17) is 4.74 Å². The molecule has 3 nitrogen and oxygen atoms in total. The van der Waals surface area contributed by atoms with Crippen LogP contribution in [0.5, 0.6) is 5.88 Å². The molecule has 0 radical (unpaired) electrons. The molecule has 2 heterocycles. The molecule has 1 N–H and O–H groups in total. The van der Waals surface area contributed by atoms with Crippen LogP contribution in [0.4, 0.5) is 13.2 Å². The van der Waals surface area contributed by atoms with E-state index in [-0.39, 0.29) is 18.3 Å². The molecule has 2 rings (SSSR count). The molecule has 0 saturated carbocycles. The molecular formula is C13H18ClF3N2O. The Hall–Kier alpha value is -1.01. The largest absolute Gasteiger partial charge is 0.478 e. The number of rotatable bonds is 4. The summed E-state index contributed by atoms with van der Waals surface area (Å²) in [5.74, 6) is 0.887. The first-order valence-electron chi connectivity index (χ1n) is 6.42. The molecule has 20 heavy (non-hydrogen) atoms. The Bertz CT molecular complexity index is 392. The second-order valence-corrected chi connectivity index (χ2v) is 4.71. The van der Waals surface area contributed by atoms with Crippen LogP contribution in [0.25, 0.3) is 0 Å². The highest BCUT2D eigenvalue weighted by atomic mass is 35.5. The van der Waals surface area contributed by atoms with Crippen LogP contribution < -0.4 is 10.1 Å². The van der Waals surface area contributed by atoms with Gasteiger partial charge in [-0.3, -0.25) is 0 Å². The van der Waals surface area contributed by atoms with E-state index >= 15 is 0 Å². The smallest absolute Gasteiger partial charge is 0.417 e. The van der Waals surface area contributed by atoms with E-state index in [1.165, 1.54) is 6.07 Å². The van der Waals surface area contributed by atoms with Gasteiger partial charge in [0.15, 0.2) is 0 Å². The van der Waals surface area contributed by atoms with Gasteiger partial charge in [0.1, 0.15) is 0 Å². The standard InChI is InChI=1S/C13H17F3N2O.ClH/c14-13(15,16)11-1-2-12(18-9-11)19-8-5-10-3-6-17-7-4-10;/h1-2,9-10,17H,3-8H2;1H. The van der Waals surface area contributed by atoms with Crippen LogP contribution >= 0.6 is 12.4 Å². The minimum absolute atomic E-state index is 0. The van der Waals surface area contributed by atoms with Gasteiger partial charge in [-0.2, -0.15) is 13.2 Å².